The quantitative estimate of drug-likeness (QED) is 0.390. The average molecular weight is 505 g/mol. The number of aliphatic carboxylic acids is 4. The molecule has 10 nitrogen and oxygen atoms in total. The van der Waals surface area contributed by atoms with Gasteiger partial charge in [-0.3, -0.25) is 29.0 Å². The third-order valence-corrected chi connectivity index (χ3v) is 10.5. The van der Waals surface area contributed by atoms with Crippen molar-refractivity contribution >= 4 is 45.5 Å². The van der Waals surface area contributed by atoms with E-state index < -0.39 is 35.7 Å². The molecule has 1 heterocycles. The van der Waals surface area contributed by atoms with Gasteiger partial charge in [-0.15, -0.1) is 0 Å². The summed E-state index contributed by atoms with van der Waals surface area (Å²) >= 11 is 0. The molecule has 0 amide bonds. The number of hydrogen-bond acceptors (Lipinski definition) is 8. The van der Waals surface area contributed by atoms with Gasteiger partial charge in [0, 0.05) is 35.7 Å². The minimum Gasteiger partial charge on any atom is -0.481 e. The fraction of sp³-hybridized carbons (Fsp3) is 0.810. The third-order valence-electron chi connectivity index (χ3n) is 7.02. The van der Waals surface area contributed by atoms with Crippen LogP contribution in [0.3, 0.4) is 0 Å². The summed E-state index contributed by atoms with van der Waals surface area (Å²) in [5, 5.41) is 37.9. The summed E-state index contributed by atoms with van der Waals surface area (Å²) in [5.41, 5.74) is 0. The molecule has 0 aromatic heterocycles. The van der Waals surface area contributed by atoms with E-state index in [-0.39, 0.29) is 35.7 Å². The topological polar surface area (TPSA) is 156 Å². The number of carboxylic acids is 4. The first-order chi connectivity index (χ1) is 15.7. The second-order valence-electron chi connectivity index (χ2n) is 9.18. The highest BCUT2D eigenvalue weighted by Crippen LogP contribution is 2.47. The Bertz CT molecular complexity index is 694. The molecule has 1 saturated heterocycles. The van der Waals surface area contributed by atoms with E-state index in [1.54, 1.807) is 0 Å². The molecular formula is C21H32N2O8S2. The van der Waals surface area contributed by atoms with Crippen molar-refractivity contribution in [1.82, 2.24) is 9.80 Å². The van der Waals surface area contributed by atoms with E-state index in [4.69, 9.17) is 0 Å². The predicted molar refractivity (Wildman–Crippen MR) is 123 cm³/mol. The SMILES string of the molecule is O=C(O)CN1CCCN(CC(=O)O)C2CCC(C(=O)O)CC2SSC2CC(C(=O)O)CCC21. The van der Waals surface area contributed by atoms with E-state index in [1.165, 1.54) is 21.6 Å². The standard InChI is InChI=1S/C21H32N2O8S2/c24-18(25)10-22-6-1-7-23(11-19(26)27)15-5-3-13(21(30)31)9-17(15)33-32-16-8-12(20(28)29)2-4-14(16)22/h12-17H,1-11H2,(H,24,25)(H,26,27)(H,28,29)(H,30,31). The van der Waals surface area contributed by atoms with Crippen molar-refractivity contribution in [1.29, 1.82) is 0 Å². The zero-order valence-electron chi connectivity index (χ0n) is 18.4. The van der Waals surface area contributed by atoms with Crippen LogP contribution in [-0.4, -0.2) is 103 Å². The molecule has 6 atom stereocenters. The van der Waals surface area contributed by atoms with Crippen LogP contribution in [0.2, 0.25) is 0 Å². The van der Waals surface area contributed by atoms with E-state index >= 15 is 0 Å². The number of carbonyl (C=O) groups is 4. The lowest BCUT2D eigenvalue weighted by Crippen LogP contribution is -2.50. The molecule has 0 bridgehead atoms. The molecule has 186 valence electrons. The zero-order valence-corrected chi connectivity index (χ0v) is 20.0. The summed E-state index contributed by atoms with van der Waals surface area (Å²) in [6.07, 6.45) is 3.64. The van der Waals surface area contributed by atoms with Crippen LogP contribution in [0.25, 0.3) is 0 Å². The Morgan fingerprint density at radius 1 is 0.667 bits per heavy atom. The van der Waals surface area contributed by atoms with Gasteiger partial charge >= 0.3 is 23.9 Å². The Hall–Kier alpha value is -1.50. The summed E-state index contributed by atoms with van der Waals surface area (Å²) < 4.78 is 0. The van der Waals surface area contributed by atoms with Crippen LogP contribution in [0.15, 0.2) is 0 Å². The first-order valence-electron chi connectivity index (χ1n) is 11.3. The summed E-state index contributed by atoms with van der Waals surface area (Å²) in [6, 6.07) is -0.171. The van der Waals surface area contributed by atoms with Crippen LogP contribution in [0, 0.1) is 11.8 Å². The van der Waals surface area contributed by atoms with Crippen molar-refractivity contribution in [3.8, 4) is 0 Å². The summed E-state index contributed by atoms with van der Waals surface area (Å²) in [7, 11) is 3.07. The number of nitrogens with zero attached hydrogens (tertiary/aromatic N) is 2. The van der Waals surface area contributed by atoms with Crippen molar-refractivity contribution in [3.05, 3.63) is 0 Å². The van der Waals surface area contributed by atoms with Gasteiger partial charge < -0.3 is 20.4 Å². The smallest absolute Gasteiger partial charge is 0.317 e. The second kappa shape index (κ2) is 11.8. The van der Waals surface area contributed by atoms with Gasteiger partial charge in [0.1, 0.15) is 0 Å². The predicted octanol–water partition coefficient (Wildman–Crippen LogP) is 1.79. The molecule has 0 aromatic carbocycles. The first-order valence-corrected chi connectivity index (χ1v) is 13.6. The van der Waals surface area contributed by atoms with E-state index in [9.17, 15) is 39.6 Å². The molecule has 4 N–H and O–H groups in total. The minimum absolute atomic E-state index is 0.0856. The van der Waals surface area contributed by atoms with Crippen LogP contribution in [0.1, 0.15) is 44.9 Å². The molecule has 33 heavy (non-hydrogen) atoms. The maximum Gasteiger partial charge on any atom is 0.317 e. The van der Waals surface area contributed by atoms with Gasteiger partial charge in [0.25, 0.3) is 0 Å². The highest BCUT2D eigenvalue weighted by molar-refractivity contribution is 8.77. The maximum atomic E-state index is 11.7. The molecule has 2 aliphatic carbocycles. The highest BCUT2D eigenvalue weighted by atomic mass is 33.1. The van der Waals surface area contributed by atoms with Crippen molar-refractivity contribution in [2.75, 3.05) is 26.2 Å². The largest absolute Gasteiger partial charge is 0.481 e. The van der Waals surface area contributed by atoms with Gasteiger partial charge in [0.15, 0.2) is 0 Å². The molecule has 0 spiro atoms. The molecule has 1 aliphatic heterocycles. The van der Waals surface area contributed by atoms with Crippen LogP contribution < -0.4 is 0 Å². The van der Waals surface area contributed by atoms with Gasteiger partial charge in [-0.05, 0) is 44.9 Å². The average Bonchev–Trinajstić information content (AvgIpc) is 2.77. The minimum atomic E-state index is -0.943. The van der Waals surface area contributed by atoms with E-state index in [1.807, 2.05) is 9.80 Å². The van der Waals surface area contributed by atoms with Gasteiger partial charge in [-0.1, -0.05) is 21.6 Å². The Labute approximate surface area is 200 Å². The first kappa shape index (κ1) is 26.1. The van der Waals surface area contributed by atoms with Crippen LogP contribution in [0.4, 0.5) is 0 Å². The van der Waals surface area contributed by atoms with Crippen molar-refractivity contribution in [2.24, 2.45) is 11.8 Å². The lowest BCUT2D eigenvalue weighted by Gasteiger charge is -2.42. The van der Waals surface area contributed by atoms with Gasteiger partial charge in [0.05, 0.1) is 24.9 Å². The lowest BCUT2D eigenvalue weighted by molar-refractivity contribution is -0.144. The van der Waals surface area contributed by atoms with Crippen molar-refractivity contribution in [2.45, 2.75) is 67.5 Å². The summed E-state index contributed by atoms with van der Waals surface area (Å²) in [6.45, 7) is 0.692. The summed E-state index contributed by atoms with van der Waals surface area (Å²) in [5.74, 6) is -4.52. The Kier molecular flexibility index (Phi) is 9.31. The second-order valence-corrected chi connectivity index (χ2v) is 11.9. The molecule has 0 radical (unpaired) electrons. The Balaban J connectivity index is 1.87. The number of carboxylic acid groups (broad SMARTS) is 4. The number of fused-ring (bicyclic) bond motifs is 2. The molecule has 3 rings (SSSR count). The molecular weight excluding hydrogens is 472 g/mol. The normalized spacial score (nSPS) is 34.3. The molecule has 6 unspecified atom stereocenters. The van der Waals surface area contributed by atoms with Crippen LogP contribution >= 0.6 is 21.6 Å². The molecule has 2 saturated carbocycles. The Morgan fingerprint density at radius 2 is 1.06 bits per heavy atom. The van der Waals surface area contributed by atoms with E-state index in [2.05, 4.69) is 0 Å². The third kappa shape index (κ3) is 7.00. The maximum absolute atomic E-state index is 11.7. The van der Waals surface area contributed by atoms with Crippen LogP contribution in [-0.2, 0) is 19.2 Å². The fourth-order valence-electron chi connectivity index (χ4n) is 5.41. The van der Waals surface area contributed by atoms with Gasteiger partial charge in [-0.2, -0.15) is 0 Å². The number of hydrogen-bond donors (Lipinski definition) is 4. The number of rotatable bonds is 6. The molecule has 12 heteroatoms. The van der Waals surface area contributed by atoms with E-state index in [0.717, 1.165) is 0 Å². The monoisotopic (exact) mass is 504 g/mol. The van der Waals surface area contributed by atoms with Crippen LogP contribution in [0.5, 0.6) is 0 Å². The van der Waals surface area contributed by atoms with Crippen molar-refractivity contribution < 1.29 is 39.6 Å². The Morgan fingerprint density at radius 3 is 1.39 bits per heavy atom. The highest BCUT2D eigenvalue weighted by Gasteiger charge is 2.42. The molecule has 3 aliphatic rings. The van der Waals surface area contributed by atoms with E-state index in [0.29, 0.717) is 58.0 Å². The molecule has 0 aromatic rings. The lowest BCUT2D eigenvalue weighted by atomic mass is 9.84. The molecule has 3 fully saturated rings. The van der Waals surface area contributed by atoms with Gasteiger partial charge in [-0.25, -0.2) is 0 Å². The summed E-state index contributed by atoms with van der Waals surface area (Å²) in [4.78, 5) is 50.3. The fourth-order valence-corrected chi connectivity index (χ4v) is 9.29. The van der Waals surface area contributed by atoms with Gasteiger partial charge in [0.2, 0.25) is 0 Å². The zero-order chi connectivity index (χ0) is 24.1. The van der Waals surface area contributed by atoms with Crippen molar-refractivity contribution in [3.63, 3.8) is 0 Å².